The molecular weight excluding hydrogens is 306 g/mol. The maximum Gasteiger partial charge on any atom is 0.127 e. The van der Waals surface area contributed by atoms with Crippen molar-refractivity contribution in [1.29, 1.82) is 0 Å². The Kier molecular flexibility index (Phi) is 5.52. The lowest BCUT2D eigenvalue weighted by molar-refractivity contribution is 0.307. The third-order valence-corrected chi connectivity index (χ3v) is 4.38. The van der Waals surface area contributed by atoms with E-state index in [1.807, 2.05) is 18.2 Å². The molecule has 128 valence electrons. The molecule has 25 heavy (non-hydrogen) atoms. The zero-order chi connectivity index (χ0) is 17.6. The average Bonchev–Trinajstić information content (AvgIpc) is 2.67. The molecule has 0 spiro atoms. The van der Waals surface area contributed by atoms with Crippen molar-refractivity contribution in [1.82, 2.24) is 0 Å². The van der Waals surface area contributed by atoms with Gasteiger partial charge < -0.3 is 10.5 Å². The van der Waals surface area contributed by atoms with Gasteiger partial charge in [0.2, 0.25) is 0 Å². The van der Waals surface area contributed by atoms with Crippen LogP contribution in [0.2, 0.25) is 0 Å². The predicted octanol–water partition coefficient (Wildman–Crippen LogP) is 5.51. The van der Waals surface area contributed by atoms with Gasteiger partial charge in [0, 0.05) is 12.1 Å². The summed E-state index contributed by atoms with van der Waals surface area (Å²) in [5, 5.41) is 0. The molecule has 3 aromatic rings. The molecule has 0 saturated heterocycles. The van der Waals surface area contributed by atoms with Crippen LogP contribution in [-0.2, 0) is 13.2 Å². The Labute approximate surface area is 150 Å². The molecule has 0 fully saturated rings. The van der Waals surface area contributed by atoms with E-state index >= 15 is 0 Å². The van der Waals surface area contributed by atoms with Gasteiger partial charge in [-0.3, -0.25) is 0 Å². The van der Waals surface area contributed by atoms with E-state index in [0.717, 1.165) is 22.4 Å². The number of hydrogen-bond acceptors (Lipinski definition) is 2. The van der Waals surface area contributed by atoms with Crippen molar-refractivity contribution in [3.05, 3.63) is 89.5 Å². The van der Waals surface area contributed by atoms with Crippen molar-refractivity contribution in [3.63, 3.8) is 0 Å². The van der Waals surface area contributed by atoms with Crippen LogP contribution in [0.5, 0.6) is 5.75 Å². The molecule has 2 heteroatoms. The van der Waals surface area contributed by atoms with Crippen LogP contribution in [-0.4, -0.2) is 0 Å². The molecule has 0 aromatic heterocycles. The number of hydrogen-bond donors (Lipinski definition) is 1. The zero-order valence-corrected chi connectivity index (χ0v) is 14.9. The summed E-state index contributed by atoms with van der Waals surface area (Å²) in [6, 6.07) is 25.1. The molecule has 0 aliphatic carbocycles. The van der Waals surface area contributed by atoms with Crippen LogP contribution >= 0.6 is 0 Å². The van der Waals surface area contributed by atoms with Gasteiger partial charge in [-0.15, -0.1) is 0 Å². The van der Waals surface area contributed by atoms with Gasteiger partial charge in [0.05, 0.1) is 0 Å². The van der Waals surface area contributed by atoms with E-state index in [-0.39, 0.29) is 0 Å². The van der Waals surface area contributed by atoms with Gasteiger partial charge in [-0.05, 0) is 34.2 Å². The monoisotopic (exact) mass is 331 g/mol. The average molecular weight is 331 g/mol. The first-order chi connectivity index (χ1) is 12.2. The van der Waals surface area contributed by atoms with Crippen molar-refractivity contribution in [2.24, 2.45) is 5.73 Å². The Morgan fingerprint density at radius 1 is 0.840 bits per heavy atom. The Hall–Kier alpha value is -2.58. The van der Waals surface area contributed by atoms with Crippen molar-refractivity contribution >= 4 is 0 Å². The molecule has 0 radical (unpaired) electrons. The predicted molar refractivity (Wildman–Crippen MR) is 105 cm³/mol. The summed E-state index contributed by atoms with van der Waals surface area (Å²) in [6.07, 6.45) is 0. The van der Waals surface area contributed by atoms with Crippen LogP contribution in [0.25, 0.3) is 11.1 Å². The lowest BCUT2D eigenvalue weighted by Gasteiger charge is -2.15. The maximum absolute atomic E-state index is 6.16. The summed E-state index contributed by atoms with van der Waals surface area (Å²) in [7, 11) is 0. The second kappa shape index (κ2) is 8.00. The molecule has 0 bridgehead atoms. The van der Waals surface area contributed by atoms with Crippen molar-refractivity contribution in [3.8, 4) is 16.9 Å². The third-order valence-electron chi connectivity index (χ3n) is 4.38. The van der Waals surface area contributed by atoms with Crippen molar-refractivity contribution < 1.29 is 4.74 Å². The molecule has 0 atom stereocenters. The van der Waals surface area contributed by atoms with Crippen LogP contribution in [0.4, 0.5) is 0 Å². The molecule has 0 heterocycles. The first-order valence-electron chi connectivity index (χ1n) is 8.77. The fourth-order valence-corrected chi connectivity index (χ4v) is 2.85. The van der Waals surface area contributed by atoms with E-state index in [1.165, 1.54) is 11.1 Å². The van der Waals surface area contributed by atoms with Crippen LogP contribution in [0.1, 0.15) is 36.5 Å². The van der Waals surface area contributed by atoms with Crippen molar-refractivity contribution in [2.75, 3.05) is 0 Å². The van der Waals surface area contributed by atoms with Gasteiger partial charge in [-0.25, -0.2) is 0 Å². The second-order valence-electron chi connectivity index (χ2n) is 6.59. The first-order valence-corrected chi connectivity index (χ1v) is 8.77. The van der Waals surface area contributed by atoms with Crippen LogP contribution in [0.3, 0.4) is 0 Å². The van der Waals surface area contributed by atoms with E-state index in [1.54, 1.807) is 0 Å². The SMILES string of the molecule is CC(C)c1cccc(-c2ccc(CN)cc2OCc2ccccc2)c1. The molecule has 0 unspecified atom stereocenters. The normalized spacial score (nSPS) is 10.9. The summed E-state index contributed by atoms with van der Waals surface area (Å²) < 4.78 is 6.16. The second-order valence-corrected chi connectivity index (χ2v) is 6.59. The summed E-state index contributed by atoms with van der Waals surface area (Å²) in [5.41, 5.74) is 11.7. The van der Waals surface area contributed by atoms with Crippen LogP contribution in [0, 0.1) is 0 Å². The molecule has 2 nitrogen and oxygen atoms in total. The highest BCUT2D eigenvalue weighted by Crippen LogP contribution is 2.33. The maximum atomic E-state index is 6.16. The quantitative estimate of drug-likeness (QED) is 0.646. The standard InChI is InChI=1S/C23H25NO/c1-17(2)20-9-6-10-21(14-20)22-12-11-19(15-24)13-23(22)25-16-18-7-4-3-5-8-18/h3-14,17H,15-16,24H2,1-2H3. The van der Waals surface area contributed by atoms with E-state index in [4.69, 9.17) is 10.5 Å². The first kappa shape index (κ1) is 17.2. The highest BCUT2D eigenvalue weighted by molar-refractivity contribution is 5.71. The molecular formula is C23H25NO. The topological polar surface area (TPSA) is 35.2 Å². The van der Waals surface area contributed by atoms with Gasteiger partial charge >= 0.3 is 0 Å². The van der Waals surface area contributed by atoms with E-state index in [9.17, 15) is 0 Å². The minimum Gasteiger partial charge on any atom is -0.488 e. The molecule has 0 aliphatic heterocycles. The lowest BCUT2D eigenvalue weighted by Crippen LogP contribution is -2.01. The van der Waals surface area contributed by atoms with Gasteiger partial charge in [0.25, 0.3) is 0 Å². The number of rotatable bonds is 6. The zero-order valence-electron chi connectivity index (χ0n) is 14.9. The minimum absolute atomic E-state index is 0.497. The summed E-state index contributed by atoms with van der Waals surface area (Å²) in [6.45, 7) is 5.48. The van der Waals surface area contributed by atoms with Gasteiger partial charge in [-0.2, -0.15) is 0 Å². The van der Waals surface area contributed by atoms with Gasteiger partial charge in [-0.1, -0.05) is 80.6 Å². The Morgan fingerprint density at radius 2 is 1.64 bits per heavy atom. The van der Waals surface area contributed by atoms with Crippen molar-refractivity contribution in [2.45, 2.75) is 32.9 Å². The minimum atomic E-state index is 0.497. The third kappa shape index (κ3) is 4.28. The number of nitrogens with two attached hydrogens (primary N) is 1. The molecule has 3 rings (SSSR count). The smallest absolute Gasteiger partial charge is 0.127 e. The van der Waals surface area contributed by atoms with E-state index in [2.05, 4.69) is 68.4 Å². The summed E-state index contributed by atoms with van der Waals surface area (Å²) in [4.78, 5) is 0. The molecule has 3 aromatic carbocycles. The molecule has 0 saturated carbocycles. The summed E-state index contributed by atoms with van der Waals surface area (Å²) in [5.74, 6) is 1.38. The van der Waals surface area contributed by atoms with Crippen LogP contribution < -0.4 is 10.5 Å². The van der Waals surface area contributed by atoms with Gasteiger partial charge in [0.1, 0.15) is 12.4 Å². The van der Waals surface area contributed by atoms with E-state index < -0.39 is 0 Å². The molecule has 0 aliphatic rings. The van der Waals surface area contributed by atoms with Crippen LogP contribution in [0.15, 0.2) is 72.8 Å². The lowest BCUT2D eigenvalue weighted by atomic mass is 9.96. The summed E-state index contributed by atoms with van der Waals surface area (Å²) >= 11 is 0. The Morgan fingerprint density at radius 3 is 2.36 bits per heavy atom. The Balaban J connectivity index is 1.94. The highest BCUT2D eigenvalue weighted by Gasteiger charge is 2.10. The Bertz CT molecular complexity index is 825. The van der Waals surface area contributed by atoms with E-state index in [0.29, 0.717) is 19.1 Å². The fourth-order valence-electron chi connectivity index (χ4n) is 2.85. The molecule has 0 amide bonds. The van der Waals surface area contributed by atoms with Gasteiger partial charge in [0.15, 0.2) is 0 Å². The fraction of sp³-hybridized carbons (Fsp3) is 0.217. The number of benzene rings is 3. The molecule has 2 N–H and O–H groups in total. The largest absolute Gasteiger partial charge is 0.488 e. The number of ether oxygens (including phenoxy) is 1. The highest BCUT2D eigenvalue weighted by atomic mass is 16.5.